The molecule has 0 radical (unpaired) electrons. The van der Waals surface area contributed by atoms with Crippen LogP contribution in [0.2, 0.25) is 10.0 Å². The fraction of sp³-hybridized carbons (Fsp3) is 0. The van der Waals surface area contributed by atoms with Gasteiger partial charge in [-0.3, -0.25) is 9.89 Å². The Bertz CT molecular complexity index is 798. The Balaban J connectivity index is 1.92. The molecule has 2 aromatic carbocycles. The molecule has 0 atom stereocenters. The van der Waals surface area contributed by atoms with E-state index in [1.54, 1.807) is 12.1 Å². The van der Waals surface area contributed by atoms with E-state index in [4.69, 9.17) is 23.2 Å². The Labute approximate surface area is 124 Å². The molecule has 100 valence electrons. The van der Waals surface area contributed by atoms with Crippen LogP contribution in [0.1, 0.15) is 10.4 Å². The van der Waals surface area contributed by atoms with Crippen LogP contribution in [-0.2, 0) is 0 Å². The summed E-state index contributed by atoms with van der Waals surface area (Å²) < 4.78 is 0. The third kappa shape index (κ3) is 2.35. The highest BCUT2D eigenvalue weighted by molar-refractivity contribution is 6.37. The van der Waals surface area contributed by atoms with Gasteiger partial charge in [0.25, 0.3) is 5.91 Å². The minimum atomic E-state index is -0.330. The van der Waals surface area contributed by atoms with Gasteiger partial charge >= 0.3 is 0 Å². The summed E-state index contributed by atoms with van der Waals surface area (Å²) in [5.41, 5.74) is 1.20. The molecule has 0 aliphatic heterocycles. The van der Waals surface area contributed by atoms with Crippen LogP contribution in [0.5, 0.6) is 0 Å². The first-order valence-corrected chi connectivity index (χ1v) is 6.60. The molecule has 4 nitrogen and oxygen atoms in total. The van der Waals surface area contributed by atoms with E-state index in [9.17, 15) is 4.79 Å². The van der Waals surface area contributed by atoms with Crippen molar-refractivity contribution in [3.05, 3.63) is 58.1 Å². The van der Waals surface area contributed by atoms with Gasteiger partial charge in [0, 0.05) is 10.4 Å². The van der Waals surface area contributed by atoms with E-state index in [-0.39, 0.29) is 5.91 Å². The molecular formula is C14H9Cl2N3O. The number of H-pyrrole nitrogens is 1. The van der Waals surface area contributed by atoms with Crippen molar-refractivity contribution < 1.29 is 4.79 Å². The predicted molar refractivity (Wildman–Crippen MR) is 80.5 cm³/mol. The fourth-order valence-corrected chi connectivity index (χ4v) is 2.40. The smallest absolute Gasteiger partial charge is 0.258 e. The highest BCUT2D eigenvalue weighted by atomic mass is 35.5. The molecule has 0 fully saturated rings. The summed E-state index contributed by atoms with van der Waals surface area (Å²) in [7, 11) is 0. The number of para-hydroxylation sites is 1. The zero-order valence-corrected chi connectivity index (χ0v) is 11.7. The van der Waals surface area contributed by atoms with Crippen molar-refractivity contribution in [2.75, 3.05) is 5.32 Å². The Morgan fingerprint density at radius 1 is 1.15 bits per heavy atom. The Kier molecular flexibility index (Phi) is 3.34. The summed E-state index contributed by atoms with van der Waals surface area (Å²) >= 11 is 11.8. The lowest BCUT2D eigenvalue weighted by Gasteiger charge is -2.05. The molecule has 2 N–H and O–H groups in total. The van der Waals surface area contributed by atoms with Crippen LogP contribution in [0, 0.1) is 0 Å². The molecule has 1 amide bonds. The second kappa shape index (κ2) is 5.15. The monoisotopic (exact) mass is 305 g/mol. The van der Waals surface area contributed by atoms with Gasteiger partial charge < -0.3 is 5.32 Å². The van der Waals surface area contributed by atoms with Crippen LogP contribution in [0.15, 0.2) is 42.5 Å². The quantitative estimate of drug-likeness (QED) is 0.748. The number of aromatic amines is 1. The molecule has 0 saturated carbocycles. The lowest BCUT2D eigenvalue weighted by atomic mass is 10.2. The molecule has 0 saturated heterocycles. The molecule has 20 heavy (non-hydrogen) atoms. The molecule has 0 bridgehead atoms. The van der Waals surface area contributed by atoms with E-state index in [1.807, 2.05) is 24.3 Å². The van der Waals surface area contributed by atoms with E-state index >= 15 is 0 Å². The zero-order chi connectivity index (χ0) is 14.1. The first-order valence-electron chi connectivity index (χ1n) is 5.84. The van der Waals surface area contributed by atoms with Gasteiger partial charge in [0.1, 0.15) is 0 Å². The standard InChI is InChI=1S/C14H9Cl2N3O/c15-8-5-6-9(11(16)7-8)14(20)17-13-10-3-1-2-4-12(10)18-19-13/h1-7H,(H2,17,18,19,20). The summed E-state index contributed by atoms with van der Waals surface area (Å²) in [5, 5.41) is 11.3. The second-order valence-electron chi connectivity index (χ2n) is 4.20. The van der Waals surface area contributed by atoms with Crippen LogP contribution < -0.4 is 5.32 Å². The van der Waals surface area contributed by atoms with Gasteiger partial charge in [-0.05, 0) is 30.3 Å². The lowest BCUT2D eigenvalue weighted by molar-refractivity contribution is 0.102. The molecule has 6 heteroatoms. The first kappa shape index (κ1) is 13.0. The van der Waals surface area contributed by atoms with Crippen molar-refractivity contribution in [3.8, 4) is 0 Å². The number of benzene rings is 2. The number of halogens is 2. The van der Waals surface area contributed by atoms with Crippen LogP contribution in [0.3, 0.4) is 0 Å². The number of nitrogens with zero attached hydrogens (tertiary/aromatic N) is 1. The third-order valence-corrected chi connectivity index (χ3v) is 3.43. The van der Waals surface area contributed by atoms with Crippen molar-refractivity contribution in [2.24, 2.45) is 0 Å². The highest BCUT2D eigenvalue weighted by Crippen LogP contribution is 2.24. The number of hydrogen-bond acceptors (Lipinski definition) is 2. The number of anilines is 1. The number of fused-ring (bicyclic) bond motifs is 1. The van der Waals surface area contributed by atoms with E-state index in [0.29, 0.717) is 21.4 Å². The first-order chi connectivity index (χ1) is 9.65. The SMILES string of the molecule is O=C(Nc1n[nH]c2ccccc12)c1ccc(Cl)cc1Cl. The van der Waals surface area contributed by atoms with Crippen LogP contribution in [0.4, 0.5) is 5.82 Å². The normalized spacial score (nSPS) is 10.7. The maximum Gasteiger partial charge on any atom is 0.258 e. The maximum absolute atomic E-state index is 12.2. The molecular weight excluding hydrogens is 297 g/mol. The number of aromatic nitrogens is 2. The molecule has 1 heterocycles. The summed E-state index contributed by atoms with van der Waals surface area (Å²) in [6, 6.07) is 12.2. The van der Waals surface area contributed by atoms with Crippen molar-refractivity contribution in [1.29, 1.82) is 0 Å². The number of rotatable bonds is 2. The zero-order valence-electron chi connectivity index (χ0n) is 10.2. The van der Waals surface area contributed by atoms with Gasteiger partial charge in [-0.1, -0.05) is 35.3 Å². The number of carbonyl (C=O) groups is 1. The van der Waals surface area contributed by atoms with Gasteiger partial charge in [-0.25, -0.2) is 0 Å². The lowest BCUT2D eigenvalue weighted by Crippen LogP contribution is -2.12. The van der Waals surface area contributed by atoms with Crippen molar-refractivity contribution in [3.63, 3.8) is 0 Å². The number of amides is 1. The fourth-order valence-electron chi connectivity index (χ4n) is 1.91. The van der Waals surface area contributed by atoms with Crippen LogP contribution >= 0.6 is 23.2 Å². The maximum atomic E-state index is 12.2. The third-order valence-electron chi connectivity index (χ3n) is 2.88. The highest BCUT2D eigenvalue weighted by Gasteiger charge is 2.13. The molecule has 3 rings (SSSR count). The van der Waals surface area contributed by atoms with Crippen molar-refractivity contribution >= 4 is 45.8 Å². The van der Waals surface area contributed by atoms with Gasteiger partial charge in [-0.15, -0.1) is 0 Å². The minimum absolute atomic E-state index is 0.301. The number of carbonyl (C=O) groups excluding carboxylic acids is 1. The summed E-state index contributed by atoms with van der Waals surface area (Å²) in [6.07, 6.45) is 0. The molecule has 3 aromatic rings. The van der Waals surface area contributed by atoms with Crippen molar-refractivity contribution in [1.82, 2.24) is 10.2 Å². The average Bonchev–Trinajstić information content (AvgIpc) is 2.82. The number of hydrogen-bond donors (Lipinski definition) is 2. The summed E-state index contributed by atoms with van der Waals surface area (Å²) in [5.74, 6) is 0.139. The Morgan fingerprint density at radius 2 is 1.95 bits per heavy atom. The van der Waals surface area contributed by atoms with Gasteiger partial charge in [0.05, 0.1) is 16.1 Å². The van der Waals surface area contributed by atoms with Crippen molar-refractivity contribution in [2.45, 2.75) is 0 Å². The van der Waals surface area contributed by atoms with E-state index < -0.39 is 0 Å². The van der Waals surface area contributed by atoms with Gasteiger partial charge in [-0.2, -0.15) is 5.10 Å². The van der Waals surface area contributed by atoms with Gasteiger partial charge in [0.15, 0.2) is 5.82 Å². The van der Waals surface area contributed by atoms with E-state index in [2.05, 4.69) is 15.5 Å². The molecule has 0 spiro atoms. The average molecular weight is 306 g/mol. The Hall–Kier alpha value is -2.04. The second-order valence-corrected chi connectivity index (χ2v) is 5.04. The predicted octanol–water partition coefficient (Wildman–Crippen LogP) is 4.12. The summed E-state index contributed by atoms with van der Waals surface area (Å²) in [4.78, 5) is 12.2. The topological polar surface area (TPSA) is 57.8 Å². The largest absolute Gasteiger partial charge is 0.305 e. The van der Waals surface area contributed by atoms with E-state index in [1.165, 1.54) is 6.07 Å². The molecule has 1 aromatic heterocycles. The summed E-state index contributed by atoms with van der Waals surface area (Å²) in [6.45, 7) is 0. The molecule has 0 aliphatic carbocycles. The van der Waals surface area contributed by atoms with Crippen LogP contribution in [-0.4, -0.2) is 16.1 Å². The van der Waals surface area contributed by atoms with E-state index in [0.717, 1.165) is 10.9 Å². The molecule has 0 aliphatic rings. The molecule has 0 unspecified atom stereocenters. The van der Waals surface area contributed by atoms with Gasteiger partial charge in [0.2, 0.25) is 0 Å². The van der Waals surface area contributed by atoms with Crippen LogP contribution in [0.25, 0.3) is 10.9 Å². The number of nitrogens with one attached hydrogen (secondary N) is 2. The Morgan fingerprint density at radius 3 is 2.75 bits per heavy atom. The minimum Gasteiger partial charge on any atom is -0.305 e.